The van der Waals surface area contributed by atoms with E-state index in [9.17, 15) is 17.4 Å². The van der Waals surface area contributed by atoms with Gasteiger partial charge in [0, 0.05) is 5.56 Å². The molecular weight excluding hydrogens is 283 g/mol. The smallest absolute Gasteiger partial charge is 0.332 e. The first-order valence-corrected chi connectivity index (χ1v) is 10.6. The number of hydrogen-bond donors (Lipinski definition) is 1. The Kier molecular flexibility index (Phi) is 4.56. The first kappa shape index (κ1) is 15.9. The molecule has 0 aliphatic carbocycles. The van der Waals surface area contributed by atoms with Crippen molar-refractivity contribution < 1.29 is 17.4 Å². The van der Waals surface area contributed by atoms with Gasteiger partial charge >= 0.3 is 10.2 Å². The molecule has 104 valence electrons. The summed E-state index contributed by atoms with van der Waals surface area (Å²) in [5, 5.41) is 9.20. The maximum Gasteiger partial charge on any atom is 0.332 e. The first-order chi connectivity index (χ1) is 8.54. The predicted molar refractivity (Wildman–Crippen MR) is 75.6 cm³/mol. The highest BCUT2D eigenvalue weighted by atomic mass is 32.3. The summed E-state index contributed by atoms with van der Waals surface area (Å²) in [4.78, 5) is -0.418. The van der Waals surface area contributed by atoms with Gasteiger partial charge in [0.25, 0.3) is 0 Å². The summed E-state index contributed by atoms with van der Waals surface area (Å²) < 4.78 is 35.4. The minimum atomic E-state index is -4.81. The fourth-order valence-electron chi connectivity index (χ4n) is 1.49. The summed E-state index contributed by atoms with van der Waals surface area (Å²) in [5.41, 5.74) is 4.09. The summed E-state index contributed by atoms with van der Waals surface area (Å²) in [6.07, 6.45) is 0. The molecule has 3 nitrogen and oxygen atoms in total. The molecule has 0 fully saturated rings. The zero-order valence-electron chi connectivity index (χ0n) is 11.4. The van der Waals surface area contributed by atoms with E-state index in [2.05, 4.69) is 11.5 Å². The van der Waals surface area contributed by atoms with E-state index in [0.29, 0.717) is 11.1 Å². The zero-order valence-corrected chi connectivity index (χ0v) is 13.2. The summed E-state index contributed by atoms with van der Waals surface area (Å²) in [6, 6.07) is 2.81. The van der Waals surface area contributed by atoms with Gasteiger partial charge in [-0.05, 0) is 30.2 Å². The Labute approximate surface area is 114 Å². The lowest BCUT2D eigenvalue weighted by Crippen LogP contribution is -2.16. The van der Waals surface area contributed by atoms with Gasteiger partial charge in [0.15, 0.2) is 0 Å². The van der Waals surface area contributed by atoms with E-state index in [0.717, 1.165) is 0 Å². The van der Waals surface area contributed by atoms with Crippen molar-refractivity contribution in [3.8, 4) is 11.5 Å². The second kappa shape index (κ2) is 5.45. The summed E-state index contributed by atoms with van der Waals surface area (Å²) in [5.74, 6) is 2.87. The molecule has 0 aliphatic rings. The summed E-state index contributed by atoms with van der Waals surface area (Å²) in [7, 11) is -6.42. The van der Waals surface area contributed by atoms with Gasteiger partial charge in [0.2, 0.25) is 0 Å². The Balaban J connectivity index is 3.48. The fourth-order valence-corrected chi connectivity index (χ4v) is 2.78. The Bertz CT molecular complexity index is 649. The molecule has 0 saturated heterocycles. The van der Waals surface area contributed by atoms with Gasteiger partial charge in [-0.2, -0.15) is 8.42 Å². The van der Waals surface area contributed by atoms with Crippen LogP contribution < -0.4 is 0 Å². The SMILES string of the molecule is Cc1c(CO)cc(C#C[Si](C)(C)C)cc1S(=O)(=O)F. The quantitative estimate of drug-likeness (QED) is 0.518. The molecule has 1 aromatic rings. The minimum Gasteiger partial charge on any atom is -0.392 e. The van der Waals surface area contributed by atoms with Crippen LogP contribution in [0.25, 0.3) is 0 Å². The average Bonchev–Trinajstić information content (AvgIpc) is 2.25. The van der Waals surface area contributed by atoms with Crippen LogP contribution in [0.4, 0.5) is 3.89 Å². The zero-order chi connectivity index (χ0) is 14.8. The van der Waals surface area contributed by atoms with Crippen molar-refractivity contribution in [2.45, 2.75) is 38.1 Å². The van der Waals surface area contributed by atoms with E-state index >= 15 is 0 Å². The van der Waals surface area contributed by atoms with E-state index in [4.69, 9.17) is 0 Å². The lowest BCUT2D eigenvalue weighted by atomic mass is 10.1. The molecule has 19 heavy (non-hydrogen) atoms. The van der Waals surface area contributed by atoms with Crippen LogP contribution in [0.1, 0.15) is 16.7 Å². The highest BCUT2D eigenvalue weighted by Gasteiger charge is 2.18. The normalized spacial score (nSPS) is 11.9. The molecule has 1 aromatic carbocycles. The number of benzene rings is 1. The molecule has 0 aliphatic heterocycles. The maximum atomic E-state index is 13.2. The van der Waals surface area contributed by atoms with Gasteiger partial charge < -0.3 is 5.11 Å². The van der Waals surface area contributed by atoms with Crippen molar-refractivity contribution in [2.75, 3.05) is 0 Å². The molecule has 0 radical (unpaired) electrons. The van der Waals surface area contributed by atoms with Crippen molar-refractivity contribution >= 4 is 18.3 Å². The molecule has 0 heterocycles. The van der Waals surface area contributed by atoms with E-state index in [1.807, 2.05) is 19.6 Å². The van der Waals surface area contributed by atoms with Gasteiger partial charge in [0.05, 0.1) is 6.61 Å². The third-order valence-electron chi connectivity index (χ3n) is 2.48. The maximum absolute atomic E-state index is 13.2. The third-order valence-corrected chi connectivity index (χ3v) is 4.31. The van der Waals surface area contributed by atoms with Gasteiger partial charge in [-0.15, -0.1) is 9.43 Å². The Morgan fingerprint density at radius 2 is 1.89 bits per heavy atom. The molecule has 0 saturated carbocycles. The highest BCUT2D eigenvalue weighted by Crippen LogP contribution is 2.23. The molecule has 0 unspecified atom stereocenters. The molecule has 1 rings (SSSR count). The molecule has 6 heteroatoms. The van der Waals surface area contributed by atoms with Crippen LogP contribution in [0.3, 0.4) is 0 Å². The monoisotopic (exact) mass is 300 g/mol. The van der Waals surface area contributed by atoms with Crippen molar-refractivity contribution in [2.24, 2.45) is 0 Å². The number of aliphatic hydroxyl groups is 1. The Morgan fingerprint density at radius 3 is 2.32 bits per heavy atom. The van der Waals surface area contributed by atoms with Crippen LogP contribution in [-0.2, 0) is 16.8 Å². The van der Waals surface area contributed by atoms with Crippen LogP contribution in [0.5, 0.6) is 0 Å². The topological polar surface area (TPSA) is 54.4 Å². The Hall–Kier alpha value is -1.16. The molecule has 0 bridgehead atoms. The molecule has 0 amide bonds. The van der Waals surface area contributed by atoms with Gasteiger partial charge in [-0.25, -0.2) is 0 Å². The number of hydrogen-bond acceptors (Lipinski definition) is 3. The first-order valence-electron chi connectivity index (χ1n) is 5.77. The van der Waals surface area contributed by atoms with Gasteiger partial charge in [0.1, 0.15) is 13.0 Å². The van der Waals surface area contributed by atoms with Crippen molar-refractivity contribution in [1.29, 1.82) is 0 Å². The number of aliphatic hydroxyl groups excluding tert-OH is 1. The van der Waals surface area contributed by atoms with Crippen molar-refractivity contribution in [3.05, 3.63) is 28.8 Å². The van der Waals surface area contributed by atoms with Crippen LogP contribution in [0.15, 0.2) is 17.0 Å². The van der Waals surface area contributed by atoms with Crippen LogP contribution in [0.2, 0.25) is 19.6 Å². The molecule has 0 spiro atoms. The van der Waals surface area contributed by atoms with Crippen LogP contribution in [-0.4, -0.2) is 21.6 Å². The standard InChI is InChI=1S/C13H17FO3SSi/c1-10-12(9-15)7-11(5-6-19(2,3)4)8-13(10)18(14,16)17/h7-8,15H,9H2,1-4H3. The lowest BCUT2D eigenvalue weighted by Gasteiger charge is -2.08. The van der Waals surface area contributed by atoms with Gasteiger partial charge in [-0.3, -0.25) is 0 Å². The molecule has 0 atom stereocenters. The predicted octanol–water partition coefficient (Wildman–Crippen LogP) is 2.37. The second-order valence-corrected chi connectivity index (χ2v) is 11.4. The summed E-state index contributed by atoms with van der Waals surface area (Å²) in [6.45, 7) is 7.26. The fraction of sp³-hybridized carbons (Fsp3) is 0.385. The summed E-state index contributed by atoms with van der Waals surface area (Å²) >= 11 is 0. The van der Waals surface area contributed by atoms with E-state index < -0.39 is 23.2 Å². The minimum absolute atomic E-state index is 0.226. The Morgan fingerprint density at radius 1 is 1.32 bits per heavy atom. The van der Waals surface area contributed by atoms with E-state index in [-0.39, 0.29) is 12.2 Å². The molecule has 0 aromatic heterocycles. The van der Waals surface area contributed by atoms with E-state index in [1.165, 1.54) is 13.0 Å². The van der Waals surface area contributed by atoms with Crippen LogP contribution >= 0.6 is 0 Å². The lowest BCUT2D eigenvalue weighted by molar-refractivity contribution is 0.280. The van der Waals surface area contributed by atoms with Crippen molar-refractivity contribution in [3.63, 3.8) is 0 Å². The van der Waals surface area contributed by atoms with Gasteiger partial charge in [-0.1, -0.05) is 25.6 Å². The van der Waals surface area contributed by atoms with Crippen LogP contribution in [0, 0.1) is 18.4 Å². The largest absolute Gasteiger partial charge is 0.392 e. The highest BCUT2D eigenvalue weighted by molar-refractivity contribution is 7.86. The molecular formula is C13H17FO3SSi. The number of rotatable bonds is 2. The molecule has 1 N–H and O–H groups in total. The average molecular weight is 300 g/mol. The number of halogens is 1. The second-order valence-electron chi connectivity index (χ2n) is 5.35. The van der Waals surface area contributed by atoms with E-state index in [1.54, 1.807) is 6.07 Å². The van der Waals surface area contributed by atoms with Crippen molar-refractivity contribution in [1.82, 2.24) is 0 Å². The third kappa shape index (κ3) is 4.46.